The van der Waals surface area contributed by atoms with Crippen LogP contribution in [0.1, 0.15) is 53.2 Å². The van der Waals surface area contributed by atoms with Gasteiger partial charge in [0, 0.05) is 23.7 Å². The molecule has 1 heterocycles. The first-order valence-electron chi connectivity index (χ1n) is 9.40. The summed E-state index contributed by atoms with van der Waals surface area (Å²) in [6, 6.07) is 15.9. The van der Waals surface area contributed by atoms with Gasteiger partial charge in [-0.3, -0.25) is 9.59 Å². The van der Waals surface area contributed by atoms with Crippen LogP contribution in [0.4, 0.5) is 5.69 Å². The summed E-state index contributed by atoms with van der Waals surface area (Å²) in [4.78, 5) is 27.0. The Bertz CT molecular complexity index is 824. The van der Waals surface area contributed by atoms with E-state index in [1.165, 1.54) is 11.1 Å². The van der Waals surface area contributed by atoms with Crippen LogP contribution in [0.25, 0.3) is 0 Å². The summed E-state index contributed by atoms with van der Waals surface area (Å²) in [7, 11) is 0. The zero-order chi connectivity index (χ0) is 18.1. The zero-order valence-electron chi connectivity index (χ0n) is 15.1. The maximum absolute atomic E-state index is 13.1. The lowest BCUT2D eigenvalue weighted by Gasteiger charge is -2.25. The third-order valence-electron chi connectivity index (χ3n) is 5.30. The van der Waals surface area contributed by atoms with Crippen molar-refractivity contribution < 1.29 is 9.59 Å². The van der Waals surface area contributed by atoms with Crippen LogP contribution in [0, 0.1) is 12.8 Å². The summed E-state index contributed by atoms with van der Waals surface area (Å²) in [6.07, 6.45) is 3.95. The van der Waals surface area contributed by atoms with Crippen LogP contribution in [0.2, 0.25) is 0 Å². The molecule has 1 atom stereocenters. The Balaban J connectivity index is 1.52. The molecule has 0 bridgehead atoms. The fraction of sp³-hybridized carbons (Fsp3) is 0.364. The largest absolute Gasteiger partial charge is 0.332 e. The maximum atomic E-state index is 13.1. The van der Waals surface area contributed by atoms with E-state index in [0.29, 0.717) is 11.3 Å². The van der Waals surface area contributed by atoms with Gasteiger partial charge in [0.05, 0.1) is 6.04 Å². The van der Waals surface area contributed by atoms with E-state index in [0.717, 1.165) is 32.2 Å². The van der Waals surface area contributed by atoms with Crippen molar-refractivity contribution in [3.8, 4) is 0 Å². The van der Waals surface area contributed by atoms with E-state index in [-0.39, 0.29) is 23.8 Å². The highest BCUT2D eigenvalue weighted by molar-refractivity contribution is 5.98. The molecule has 0 spiro atoms. The highest BCUT2D eigenvalue weighted by Crippen LogP contribution is 2.34. The second-order valence-electron chi connectivity index (χ2n) is 7.41. The first-order valence-corrected chi connectivity index (χ1v) is 9.40. The number of carbonyl (C=O) groups excluding carboxylic acids is 2. The molecule has 26 heavy (non-hydrogen) atoms. The quantitative estimate of drug-likeness (QED) is 0.894. The highest BCUT2D eigenvalue weighted by Gasteiger charge is 2.31. The maximum Gasteiger partial charge on any atom is 0.254 e. The van der Waals surface area contributed by atoms with Gasteiger partial charge in [-0.2, -0.15) is 0 Å². The SMILES string of the molecule is Cc1ccc(C2CCCN2C(=O)c2cccc(NC(=O)C3CC3)c2)cc1. The highest BCUT2D eigenvalue weighted by atomic mass is 16.2. The predicted octanol–water partition coefficient (Wildman–Crippen LogP) is 4.32. The Morgan fingerprint density at radius 1 is 1.04 bits per heavy atom. The molecule has 1 unspecified atom stereocenters. The Kier molecular flexibility index (Phi) is 4.49. The minimum atomic E-state index is 0.0376. The molecule has 2 amide bonds. The summed E-state index contributed by atoms with van der Waals surface area (Å²) in [5.41, 5.74) is 3.76. The molecule has 4 heteroatoms. The minimum absolute atomic E-state index is 0.0376. The molecule has 4 nitrogen and oxygen atoms in total. The fourth-order valence-electron chi connectivity index (χ4n) is 3.63. The fourth-order valence-corrected chi connectivity index (χ4v) is 3.63. The van der Waals surface area contributed by atoms with Gasteiger partial charge in [0.25, 0.3) is 5.91 Å². The molecule has 1 saturated carbocycles. The number of nitrogens with one attached hydrogen (secondary N) is 1. The summed E-state index contributed by atoms with van der Waals surface area (Å²) in [5.74, 6) is 0.253. The molecule has 134 valence electrons. The lowest BCUT2D eigenvalue weighted by Crippen LogP contribution is -2.30. The van der Waals surface area contributed by atoms with Crippen LogP contribution in [0.15, 0.2) is 48.5 Å². The van der Waals surface area contributed by atoms with Gasteiger partial charge in [0.2, 0.25) is 5.91 Å². The molecule has 1 N–H and O–H groups in total. The Hall–Kier alpha value is -2.62. The molecule has 0 aromatic heterocycles. The molecular formula is C22H24N2O2. The zero-order valence-corrected chi connectivity index (χ0v) is 15.1. The van der Waals surface area contributed by atoms with Gasteiger partial charge in [-0.05, 0) is 56.4 Å². The Morgan fingerprint density at radius 2 is 1.81 bits per heavy atom. The molecule has 2 aliphatic rings. The van der Waals surface area contributed by atoms with Crippen molar-refractivity contribution in [2.24, 2.45) is 5.92 Å². The number of aryl methyl sites for hydroxylation is 1. The van der Waals surface area contributed by atoms with E-state index in [1.54, 1.807) is 6.07 Å². The van der Waals surface area contributed by atoms with Crippen LogP contribution < -0.4 is 5.32 Å². The number of carbonyl (C=O) groups is 2. The number of hydrogen-bond donors (Lipinski definition) is 1. The minimum Gasteiger partial charge on any atom is -0.332 e. The topological polar surface area (TPSA) is 49.4 Å². The van der Waals surface area contributed by atoms with E-state index in [1.807, 2.05) is 23.1 Å². The van der Waals surface area contributed by atoms with Crippen molar-refractivity contribution in [3.63, 3.8) is 0 Å². The molecule has 4 rings (SSSR count). The predicted molar refractivity (Wildman–Crippen MR) is 102 cm³/mol. The Labute approximate surface area is 154 Å². The van der Waals surface area contributed by atoms with E-state index >= 15 is 0 Å². The smallest absolute Gasteiger partial charge is 0.254 e. The summed E-state index contributed by atoms with van der Waals surface area (Å²) < 4.78 is 0. The van der Waals surface area contributed by atoms with Gasteiger partial charge >= 0.3 is 0 Å². The molecule has 2 aromatic rings. The van der Waals surface area contributed by atoms with E-state index in [2.05, 4.69) is 36.5 Å². The van der Waals surface area contributed by atoms with Crippen LogP contribution in [-0.4, -0.2) is 23.3 Å². The third-order valence-corrected chi connectivity index (χ3v) is 5.30. The number of hydrogen-bond acceptors (Lipinski definition) is 2. The van der Waals surface area contributed by atoms with E-state index < -0.39 is 0 Å². The van der Waals surface area contributed by atoms with Gasteiger partial charge in [-0.25, -0.2) is 0 Å². The summed E-state index contributed by atoms with van der Waals surface area (Å²) in [6.45, 7) is 2.85. The molecule has 2 aromatic carbocycles. The number of anilines is 1. The molecular weight excluding hydrogens is 324 g/mol. The number of amides is 2. The molecule has 1 saturated heterocycles. The second-order valence-corrected chi connectivity index (χ2v) is 7.41. The van der Waals surface area contributed by atoms with Crippen molar-refractivity contribution >= 4 is 17.5 Å². The summed E-state index contributed by atoms with van der Waals surface area (Å²) >= 11 is 0. The van der Waals surface area contributed by atoms with Crippen molar-refractivity contribution in [2.75, 3.05) is 11.9 Å². The molecule has 1 aliphatic heterocycles. The first kappa shape index (κ1) is 16.8. The van der Waals surface area contributed by atoms with Crippen molar-refractivity contribution in [1.82, 2.24) is 4.90 Å². The van der Waals surface area contributed by atoms with Gasteiger partial charge in [0.15, 0.2) is 0 Å². The lowest BCUT2D eigenvalue weighted by atomic mass is 10.0. The van der Waals surface area contributed by atoms with Crippen LogP contribution in [0.3, 0.4) is 0 Å². The van der Waals surface area contributed by atoms with Crippen molar-refractivity contribution in [3.05, 3.63) is 65.2 Å². The standard InChI is InChI=1S/C22H24N2O2/c1-15-7-9-16(10-8-15)20-6-3-13-24(20)22(26)18-4-2-5-19(14-18)23-21(25)17-11-12-17/h2,4-5,7-10,14,17,20H,3,6,11-13H2,1H3,(H,23,25). The molecule has 1 aliphatic carbocycles. The van der Waals surface area contributed by atoms with Gasteiger partial charge in [0.1, 0.15) is 0 Å². The Morgan fingerprint density at radius 3 is 2.54 bits per heavy atom. The van der Waals surface area contributed by atoms with E-state index in [4.69, 9.17) is 0 Å². The van der Waals surface area contributed by atoms with Gasteiger partial charge < -0.3 is 10.2 Å². The summed E-state index contributed by atoms with van der Waals surface area (Å²) in [5, 5.41) is 2.93. The monoisotopic (exact) mass is 348 g/mol. The first-order chi connectivity index (χ1) is 12.6. The number of rotatable bonds is 4. The third kappa shape index (κ3) is 3.50. The number of likely N-dealkylation sites (tertiary alicyclic amines) is 1. The molecule has 0 radical (unpaired) electrons. The number of nitrogens with zero attached hydrogens (tertiary/aromatic N) is 1. The van der Waals surface area contributed by atoms with Gasteiger partial charge in [-0.1, -0.05) is 35.9 Å². The van der Waals surface area contributed by atoms with Crippen molar-refractivity contribution in [1.29, 1.82) is 0 Å². The lowest BCUT2D eigenvalue weighted by molar-refractivity contribution is -0.117. The van der Waals surface area contributed by atoms with Crippen LogP contribution >= 0.6 is 0 Å². The van der Waals surface area contributed by atoms with Crippen LogP contribution in [0.5, 0.6) is 0 Å². The normalized spacial score (nSPS) is 19.4. The van der Waals surface area contributed by atoms with Gasteiger partial charge in [-0.15, -0.1) is 0 Å². The van der Waals surface area contributed by atoms with Crippen LogP contribution in [-0.2, 0) is 4.79 Å². The molecule has 2 fully saturated rings. The van der Waals surface area contributed by atoms with E-state index in [9.17, 15) is 9.59 Å². The van der Waals surface area contributed by atoms with Crippen molar-refractivity contribution in [2.45, 2.75) is 38.6 Å². The number of benzene rings is 2. The second kappa shape index (κ2) is 6.94. The average Bonchev–Trinajstić information content (AvgIpc) is 3.40. The average molecular weight is 348 g/mol.